The topological polar surface area (TPSA) is 39.2 Å². The number of carbonyl (C=O) groups is 1. The molecule has 5 heteroatoms. The Morgan fingerprint density at radius 3 is 2.89 bits per heavy atom. The van der Waals surface area contributed by atoms with Crippen LogP contribution in [-0.4, -0.2) is 18.1 Å². The number of benzene rings is 1. The van der Waals surface area contributed by atoms with Crippen LogP contribution in [0.2, 0.25) is 0 Å². The van der Waals surface area contributed by atoms with Crippen molar-refractivity contribution in [2.24, 2.45) is 0 Å². The van der Waals surface area contributed by atoms with E-state index in [2.05, 4.69) is 22.5 Å². The van der Waals surface area contributed by atoms with Crippen LogP contribution in [0, 0.1) is 6.92 Å². The van der Waals surface area contributed by atoms with Crippen molar-refractivity contribution in [3.05, 3.63) is 40.2 Å². The van der Waals surface area contributed by atoms with E-state index in [4.69, 9.17) is 4.74 Å². The van der Waals surface area contributed by atoms with Gasteiger partial charge in [0.1, 0.15) is 9.88 Å². The highest BCUT2D eigenvalue weighted by atomic mass is 32.1. The number of nitrogens with zero attached hydrogens (tertiary/aromatic N) is 1. The molecule has 3 nitrogen and oxygen atoms in total. The van der Waals surface area contributed by atoms with E-state index in [-0.39, 0.29) is 5.97 Å². The molecule has 0 amide bonds. The molecule has 0 N–H and O–H groups in total. The number of methoxy groups -OCH3 is 1. The number of ether oxygens (including phenoxy) is 1. The predicted octanol–water partition coefficient (Wildman–Crippen LogP) is 4.12. The Labute approximate surface area is 118 Å². The summed E-state index contributed by atoms with van der Waals surface area (Å²) in [5.41, 5.74) is 1.81. The highest BCUT2D eigenvalue weighted by molar-refractivity contribution is 7.20. The van der Waals surface area contributed by atoms with Crippen molar-refractivity contribution in [3.8, 4) is 10.6 Å². The summed E-state index contributed by atoms with van der Waals surface area (Å²) in [6, 6.07) is 8.21. The largest absolute Gasteiger partial charge is 0.465 e. The Bertz CT molecular complexity index is 758. The van der Waals surface area contributed by atoms with Gasteiger partial charge in [-0.15, -0.1) is 22.7 Å². The van der Waals surface area contributed by atoms with Crippen molar-refractivity contribution in [2.75, 3.05) is 7.11 Å². The van der Waals surface area contributed by atoms with E-state index in [0.717, 1.165) is 16.3 Å². The lowest BCUT2D eigenvalue weighted by Crippen LogP contribution is -1.99. The predicted molar refractivity (Wildman–Crippen MR) is 79.0 cm³/mol. The normalized spacial score (nSPS) is 10.8. The molecule has 2 heterocycles. The molecule has 19 heavy (non-hydrogen) atoms. The van der Waals surface area contributed by atoms with Gasteiger partial charge in [-0.3, -0.25) is 0 Å². The SMILES string of the molecule is COC(=O)c1sc(-c2csc3ccccc23)nc1C. The van der Waals surface area contributed by atoms with E-state index in [1.807, 2.05) is 19.1 Å². The number of hydrogen-bond donors (Lipinski definition) is 0. The Morgan fingerprint density at radius 1 is 1.32 bits per heavy atom. The van der Waals surface area contributed by atoms with Gasteiger partial charge in [0, 0.05) is 21.0 Å². The fourth-order valence-corrected chi connectivity index (χ4v) is 3.97. The summed E-state index contributed by atoms with van der Waals surface area (Å²) in [5.74, 6) is -0.319. The van der Waals surface area contributed by atoms with E-state index in [0.29, 0.717) is 4.88 Å². The molecule has 0 saturated carbocycles. The maximum atomic E-state index is 11.6. The second-order valence-electron chi connectivity index (χ2n) is 4.07. The zero-order chi connectivity index (χ0) is 13.4. The molecule has 0 spiro atoms. The molecule has 0 aliphatic rings. The van der Waals surface area contributed by atoms with Gasteiger partial charge in [0.25, 0.3) is 0 Å². The number of aryl methyl sites for hydroxylation is 1. The number of fused-ring (bicyclic) bond motifs is 1. The van der Waals surface area contributed by atoms with Crippen LogP contribution in [0.1, 0.15) is 15.4 Å². The van der Waals surface area contributed by atoms with Crippen LogP contribution in [0.3, 0.4) is 0 Å². The van der Waals surface area contributed by atoms with Crippen molar-refractivity contribution in [1.29, 1.82) is 0 Å². The maximum Gasteiger partial charge on any atom is 0.349 e. The van der Waals surface area contributed by atoms with Crippen LogP contribution in [-0.2, 0) is 4.74 Å². The van der Waals surface area contributed by atoms with E-state index < -0.39 is 0 Å². The molecule has 0 saturated heterocycles. The Kier molecular flexibility index (Phi) is 3.08. The van der Waals surface area contributed by atoms with Gasteiger partial charge >= 0.3 is 5.97 Å². The fourth-order valence-electron chi connectivity index (χ4n) is 1.94. The summed E-state index contributed by atoms with van der Waals surface area (Å²) in [6.45, 7) is 1.83. The molecular weight excluding hydrogens is 278 g/mol. The van der Waals surface area contributed by atoms with Gasteiger partial charge < -0.3 is 4.74 Å². The molecular formula is C14H11NO2S2. The molecule has 0 aliphatic carbocycles. The van der Waals surface area contributed by atoms with Crippen LogP contribution >= 0.6 is 22.7 Å². The molecule has 0 unspecified atom stereocenters. The minimum Gasteiger partial charge on any atom is -0.465 e. The van der Waals surface area contributed by atoms with Gasteiger partial charge in [-0.2, -0.15) is 0 Å². The van der Waals surface area contributed by atoms with Gasteiger partial charge in [-0.25, -0.2) is 9.78 Å². The summed E-state index contributed by atoms with van der Waals surface area (Å²) < 4.78 is 6.00. The Balaban J connectivity index is 2.15. The Hall–Kier alpha value is -1.72. The van der Waals surface area contributed by atoms with E-state index >= 15 is 0 Å². The summed E-state index contributed by atoms with van der Waals surface area (Å²) in [7, 11) is 1.39. The second-order valence-corrected chi connectivity index (χ2v) is 5.98. The molecule has 0 aliphatic heterocycles. The quantitative estimate of drug-likeness (QED) is 0.666. The molecule has 0 atom stereocenters. The first-order chi connectivity index (χ1) is 9.20. The number of rotatable bonds is 2. The number of aromatic nitrogens is 1. The average Bonchev–Trinajstić information content (AvgIpc) is 3.01. The number of esters is 1. The van der Waals surface area contributed by atoms with Crippen molar-refractivity contribution >= 4 is 38.7 Å². The van der Waals surface area contributed by atoms with Gasteiger partial charge in [0.2, 0.25) is 0 Å². The van der Waals surface area contributed by atoms with Gasteiger partial charge in [-0.05, 0) is 13.0 Å². The monoisotopic (exact) mass is 289 g/mol. The third kappa shape index (κ3) is 2.05. The number of hydrogen-bond acceptors (Lipinski definition) is 5. The molecule has 0 bridgehead atoms. The molecule has 0 fully saturated rings. The Morgan fingerprint density at radius 2 is 2.11 bits per heavy atom. The summed E-state index contributed by atoms with van der Waals surface area (Å²) in [6.07, 6.45) is 0. The minimum absolute atomic E-state index is 0.319. The van der Waals surface area contributed by atoms with E-state index in [1.165, 1.54) is 28.5 Å². The third-order valence-electron chi connectivity index (χ3n) is 2.88. The van der Waals surface area contributed by atoms with Crippen molar-refractivity contribution < 1.29 is 9.53 Å². The molecule has 1 aromatic carbocycles. The maximum absolute atomic E-state index is 11.6. The van der Waals surface area contributed by atoms with Crippen molar-refractivity contribution in [2.45, 2.75) is 6.92 Å². The lowest BCUT2D eigenvalue weighted by molar-refractivity contribution is 0.0605. The zero-order valence-electron chi connectivity index (χ0n) is 10.5. The van der Waals surface area contributed by atoms with E-state index in [1.54, 1.807) is 11.3 Å². The lowest BCUT2D eigenvalue weighted by Gasteiger charge is -1.94. The number of thiazole rings is 1. The first-order valence-corrected chi connectivity index (χ1v) is 7.42. The first-order valence-electron chi connectivity index (χ1n) is 5.73. The fraction of sp³-hybridized carbons (Fsp3) is 0.143. The zero-order valence-corrected chi connectivity index (χ0v) is 12.1. The molecule has 96 valence electrons. The van der Waals surface area contributed by atoms with Crippen LogP contribution in [0.25, 0.3) is 20.7 Å². The minimum atomic E-state index is -0.319. The van der Waals surface area contributed by atoms with Gasteiger partial charge in [0.05, 0.1) is 12.8 Å². The number of thiophene rings is 1. The van der Waals surface area contributed by atoms with Gasteiger partial charge in [0.15, 0.2) is 0 Å². The van der Waals surface area contributed by atoms with Crippen LogP contribution in [0.4, 0.5) is 0 Å². The average molecular weight is 289 g/mol. The number of carbonyl (C=O) groups excluding carboxylic acids is 1. The standard InChI is InChI=1S/C14H11NO2S2/c1-8-12(14(16)17-2)19-13(15-8)10-7-18-11-6-4-3-5-9(10)11/h3-7H,1-2H3. The van der Waals surface area contributed by atoms with Crippen LogP contribution in [0.15, 0.2) is 29.6 Å². The van der Waals surface area contributed by atoms with Gasteiger partial charge in [-0.1, -0.05) is 18.2 Å². The molecule has 0 radical (unpaired) electrons. The highest BCUT2D eigenvalue weighted by Crippen LogP contribution is 2.36. The molecule has 2 aromatic heterocycles. The van der Waals surface area contributed by atoms with Crippen LogP contribution in [0.5, 0.6) is 0 Å². The molecule has 3 aromatic rings. The second kappa shape index (κ2) is 4.75. The smallest absolute Gasteiger partial charge is 0.349 e. The van der Waals surface area contributed by atoms with Crippen molar-refractivity contribution in [3.63, 3.8) is 0 Å². The summed E-state index contributed by atoms with van der Waals surface area (Å²) in [5, 5.41) is 4.14. The summed E-state index contributed by atoms with van der Waals surface area (Å²) in [4.78, 5) is 16.7. The third-order valence-corrected chi connectivity index (χ3v) is 5.01. The van der Waals surface area contributed by atoms with Crippen LogP contribution < -0.4 is 0 Å². The van der Waals surface area contributed by atoms with Crippen molar-refractivity contribution in [1.82, 2.24) is 4.98 Å². The van der Waals surface area contributed by atoms with E-state index in [9.17, 15) is 4.79 Å². The lowest BCUT2D eigenvalue weighted by atomic mass is 10.2. The summed E-state index contributed by atoms with van der Waals surface area (Å²) >= 11 is 3.07. The highest BCUT2D eigenvalue weighted by Gasteiger charge is 2.18. The molecule has 3 rings (SSSR count). The first kappa shape index (κ1) is 12.3.